The number of halogens is 2. The number of hydrogen-bond donors (Lipinski definition) is 0. The summed E-state index contributed by atoms with van der Waals surface area (Å²) in [6.45, 7) is 3.81. The zero-order valence-corrected chi connectivity index (χ0v) is 18.8. The molecule has 156 valence electrons. The van der Waals surface area contributed by atoms with Crippen molar-refractivity contribution in [3.05, 3.63) is 84.1 Å². The first-order chi connectivity index (χ1) is 14.9. The van der Waals surface area contributed by atoms with Crippen LogP contribution in [0.3, 0.4) is 0 Å². The highest BCUT2D eigenvalue weighted by Crippen LogP contribution is 2.43. The van der Waals surface area contributed by atoms with E-state index in [-0.39, 0.29) is 16.8 Å². The average molecular weight is 472 g/mol. The molecule has 0 fully saturated rings. The van der Waals surface area contributed by atoms with Crippen LogP contribution < -0.4 is 10.3 Å². The van der Waals surface area contributed by atoms with Crippen molar-refractivity contribution in [1.82, 2.24) is 10.2 Å². The molecule has 0 saturated carbocycles. The number of amides is 1. The standard InChI is InChI=1S/C22H15Cl2N3O3S/c1-3-11-4-7-16-13(8-11)19(28)17-18(12-5-6-14(23)15(24)9-12)27(21(29)20(17)30-16)22-26-25-10(2)31-22/h4-9,18H,3H2,1-2H3. The van der Waals surface area contributed by atoms with Gasteiger partial charge < -0.3 is 4.42 Å². The maximum atomic E-state index is 13.6. The molecule has 2 aromatic heterocycles. The number of hydrogen-bond acceptors (Lipinski definition) is 6. The molecule has 0 saturated heterocycles. The number of aromatic nitrogens is 2. The minimum absolute atomic E-state index is 0.00525. The third kappa shape index (κ3) is 3.15. The number of fused-ring (bicyclic) bond motifs is 2. The van der Waals surface area contributed by atoms with Crippen molar-refractivity contribution >= 4 is 56.5 Å². The molecule has 1 aliphatic rings. The summed E-state index contributed by atoms with van der Waals surface area (Å²) in [5, 5.41) is 10.4. The van der Waals surface area contributed by atoms with Gasteiger partial charge in [0.25, 0.3) is 5.91 Å². The molecule has 2 aromatic carbocycles. The summed E-state index contributed by atoms with van der Waals surface area (Å²) in [6.07, 6.45) is 0.776. The summed E-state index contributed by atoms with van der Waals surface area (Å²) >= 11 is 13.6. The Morgan fingerprint density at radius 2 is 1.90 bits per heavy atom. The van der Waals surface area contributed by atoms with Gasteiger partial charge in [0.15, 0.2) is 5.43 Å². The maximum absolute atomic E-state index is 13.6. The Morgan fingerprint density at radius 3 is 2.58 bits per heavy atom. The predicted octanol–water partition coefficient (Wildman–Crippen LogP) is 5.57. The molecular formula is C22H15Cl2N3O3S. The van der Waals surface area contributed by atoms with Crippen molar-refractivity contribution in [2.24, 2.45) is 0 Å². The van der Waals surface area contributed by atoms with Crippen LogP contribution in [-0.2, 0) is 6.42 Å². The van der Waals surface area contributed by atoms with Crippen LogP contribution >= 0.6 is 34.5 Å². The van der Waals surface area contributed by atoms with E-state index in [9.17, 15) is 9.59 Å². The normalized spacial score (nSPS) is 15.7. The van der Waals surface area contributed by atoms with E-state index in [0.29, 0.717) is 36.7 Å². The number of nitrogens with zero attached hydrogens (tertiary/aromatic N) is 3. The van der Waals surface area contributed by atoms with E-state index in [2.05, 4.69) is 10.2 Å². The molecule has 5 rings (SSSR count). The SMILES string of the molecule is CCc1ccc2oc3c(c(=O)c2c1)C(c1ccc(Cl)c(Cl)c1)N(c1nnc(C)s1)C3=O. The van der Waals surface area contributed by atoms with Crippen molar-refractivity contribution in [2.75, 3.05) is 4.90 Å². The van der Waals surface area contributed by atoms with Gasteiger partial charge in [-0.3, -0.25) is 14.5 Å². The van der Waals surface area contributed by atoms with E-state index in [1.807, 2.05) is 19.1 Å². The van der Waals surface area contributed by atoms with Crippen molar-refractivity contribution in [3.63, 3.8) is 0 Å². The van der Waals surface area contributed by atoms with Crippen LogP contribution in [0.15, 0.2) is 45.6 Å². The summed E-state index contributed by atoms with van der Waals surface area (Å²) in [5.41, 5.74) is 2.02. The third-order valence-corrected chi connectivity index (χ3v) is 6.90. The van der Waals surface area contributed by atoms with E-state index in [1.165, 1.54) is 16.2 Å². The first-order valence-electron chi connectivity index (χ1n) is 9.57. The zero-order valence-electron chi connectivity index (χ0n) is 16.5. The smallest absolute Gasteiger partial charge is 0.297 e. The fourth-order valence-corrected chi connectivity index (χ4v) is 4.84. The van der Waals surface area contributed by atoms with Crippen molar-refractivity contribution in [1.29, 1.82) is 0 Å². The van der Waals surface area contributed by atoms with Gasteiger partial charge in [-0.2, -0.15) is 0 Å². The topological polar surface area (TPSA) is 76.3 Å². The van der Waals surface area contributed by atoms with Gasteiger partial charge in [0.05, 0.1) is 27.0 Å². The highest BCUT2D eigenvalue weighted by Gasteiger charge is 2.45. The second-order valence-electron chi connectivity index (χ2n) is 7.21. The quantitative estimate of drug-likeness (QED) is 0.390. The number of benzene rings is 2. The highest BCUT2D eigenvalue weighted by atomic mass is 35.5. The van der Waals surface area contributed by atoms with Gasteiger partial charge in [-0.1, -0.05) is 53.6 Å². The Hall–Kier alpha value is -2.74. The van der Waals surface area contributed by atoms with Crippen LogP contribution in [0.2, 0.25) is 10.0 Å². The van der Waals surface area contributed by atoms with Gasteiger partial charge in [0, 0.05) is 0 Å². The summed E-state index contributed by atoms with van der Waals surface area (Å²) in [4.78, 5) is 28.5. The lowest BCUT2D eigenvalue weighted by atomic mass is 9.98. The molecule has 1 atom stereocenters. The Bertz CT molecular complexity index is 1430. The Kier molecular flexibility index (Phi) is 4.84. The molecule has 0 radical (unpaired) electrons. The van der Waals surface area contributed by atoms with E-state index in [4.69, 9.17) is 27.6 Å². The summed E-state index contributed by atoms with van der Waals surface area (Å²) in [6, 6.07) is 9.72. The fourth-order valence-electron chi connectivity index (χ4n) is 3.82. The lowest BCUT2D eigenvalue weighted by Gasteiger charge is -2.22. The zero-order chi connectivity index (χ0) is 21.9. The second kappa shape index (κ2) is 7.44. The maximum Gasteiger partial charge on any atom is 0.297 e. The first kappa shape index (κ1) is 20.2. The molecule has 9 heteroatoms. The predicted molar refractivity (Wildman–Crippen MR) is 122 cm³/mol. The minimum Gasteiger partial charge on any atom is -0.450 e. The molecule has 1 amide bonds. The highest BCUT2D eigenvalue weighted by molar-refractivity contribution is 7.15. The van der Waals surface area contributed by atoms with Crippen LogP contribution in [0.4, 0.5) is 5.13 Å². The molecular weight excluding hydrogens is 457 g/mol. The number of aryl methyl sites for hydroxylation is 2. The Morgan fingerprint density at radius 1 is 1.10 bits per heavy atom. The molecule has 6 nitrogen and oxygen atoms in total. The monoisotopic (exact) mass is 471 g/mol. The van der Waals surface area contributed by atoms with Crippen molar-refractivity contribution in [2.45, 2.75) is 26.3 Å². The van der Waals surface area contributed by atoms with Crippen LogP contribution in [0.5, 0.6) is 0 Å². The molecule has 0 N–H and O–H groups in total. The Balaban J connectivity index is 1.82. The lowest BCUT2D eigenvalue weighted by molar-refractivity contribution is 0.0970. The molecule has 3 heterocycles. The van der Waals surface area contributed by atoms with Crippen LogP contribution in [0, 0.1) is 6.92 Å². The molecule has 31 heavy (non-hydrogen) atoms. The van der Waals surface area contributed by atoms with Crippen molar-refractivity contribution < 1.29 is 9.21 Å². The van der Waals surface area contributed by atoms with Crippen LogP contribution in [-0.4, -0.2) is 16.1 Å². The number of carbonyl (C=O) groups is 1. The van der Waals surface area contributed by atoms with E-state index < -0.39 is 11.9 Å². The summed E-state index contributed by atoms with van der Waals surface area (Å²) in [5.74, 6) is -0.438. The van der Waals surface area contributed by atoms with Gasteiger partial charge in [-0.25, -0.2) is 0 Å². The molecule has 4 aromatic rings. The van der Waals surface area contributed by atoms with Crippen molar-refractivity contribution in [3.8, 4) is 0 Å². The molecule has 0 spiro atoms. The largest absolute Gasteiger partial charge is 0.450 e. The van der Waals surface area contributed by atoms with Gasteiger partial charge in [-0.05, 0) is 48.7 Å². The van der Waals surface area contributed by atoms with Gasteiger partial charge in [0.2, 0.25) is 10.9 Å². The van der Waals surface area contributed by atoms with Crippen LogP contribution in [0.25, 0.3) is 11.0 Å². The molecule has 1 aliphatic heterocycles. The second-order valence-corrected chi connectivity index (χ2v) is 9.19. The number of anilines is 1. The minimum atomic E-state index is -0.754. The molecule has 0 aliphatic carbocycles. The number of carbonyl (C=O) groups excluding carboxylic acids is 1. The first-order valence-corrected chi connectivity index (χ1v) is 11.1. The van der Waals surface area contributed by atoms with E-state index >= 15 is 0 Å². The number of rotatable bonds is 3. The van der Waals surface area contributed by atoms with E-state index in [0.717, 1.165) is 12.0 Å². The summed E-state index contributed by atoms with van der Waals surface area (Å²) in [7, 11) is 0. The van der Waals surface area contributed by atoms with Gasteiger partial charge in [0.1, 0.15) is 10.6 Å². The van der Waals surface area contributed by atoms with Crippen LogP contribution in [0.1, 0.15) is 45.2 Å². The third-order valence-electron chi connectivity index (χ3n) is 5.32. The fraction of sp³-hybridized carbons (Fsp3) is 0.182. The van der Waals surface area contributed by atoms with Gasteiger partial charge >= 0.3 is 0 Å². The van der Waals surface area contributed by atoms with Gasteiger partial charge in [-0.15, -0.1) is 10.2 Å². The summed E-state index contributed by atoms with van der Waals surface area (Å²) < 4.78 is 5.97. The molecule has 1 unspecified atom stereocenters. The average Bonchev–Trinajstić information content (AvgIpc) is 3.31. The lowest BCUT2D eigenvalue weighted by Crippen LogP contribution is -2.29. The Labute approximate surface area is 191 Å². The molecule has 0 bridgehead atoms. The van der Waals surface area contributed by atoms with E-state index in [1.54, 1.807) is 31.2 Å².